The van der Waals surface area contributed by atoms with Gasteiger partial charge in [-0.05, 0) is 31.5 Å². The molecule has 0 bridgehead atoms. The first-order valence-electron chi connectivity index (χ1n) is 7.31. The van der Waals surface area contributed by atoms with Crippen LogP contribution in [-0.2, 0) is 4.79 Å². The van der Waals surface area contributed by atoms with Gasteiger partial charge in [0.2, 0.25) is 0 Å². The second-order valence-electron chi connectivity index (χ2n) is 5.50. The first-order valence-corrected chi connectivity index (χ1v) is 8.06. The van der Waals surface area contributed by atoms with Gasteiger partial charge in [0.15, 0.2) is 6.10 Å². The van der Waals surface area contributed by atoms with Gasteiger partial charge in [0.05, 0.1) is 5.02 Å². The van der Waals surface area contributed by atoms with Crippen LogP contribution < -0.4 is 4.74 Å². The number of alkyl halides is 3. The molecule has 10 heteroatoms. The van der Waals surface area contributed by atoms with Crippen LogP contribution in [0.1, 0.15) is 26.7 Å². The number of amides is 1. The minimum atomic E-state index is -5.07. The van der Waals surface area contributed by atoms with Crippen LogP contribution >= 0.6 is 23.2 Å². The molecule has 138 valence electrons. The van der Waals surface area contributed by atoms with Crippen molar-refractivity contribution in [2.75, 3.05) is 0 Å². The molecule has 2 atom stereocenters. The molecule has 2 unspecified atom stereocenters. The van der Waals surface area contributed by atoms with Crippen LogP contribution in [0.15, 0.2) is 23.3 Å². The minimum absolute atomic E-state index is 0.0420. The van der Waals surface area contributed by atoms with Crippen LogP contribution in [-0.4, -0.2) is 39.7 Å². The zero-order chi connectivity index (χ0) is 19.0. The molecule has 0 aromatic heterocycles. The van der Waals surface area contributed by atoms with Crippen LogP contribution in [0.2, 0.25) is 10.0 Å². The molecule has 0 saturated carbocycles. The predicted molar refractivity (Wildman–Crippen MR) is 86.7 cm³/mol. The molecule has 5 nitrogen and oxygen atoms in total. The van der Waals surface area contributed by atoms with Gasteiger partial charge in [0.1, 0.15) is 5.75 Å². The number of hydrogen-bond acceptors (Lipinski definition) is 4. The summed E-state index contributed by atoms with van der Waals surface area (Å²) in [5, 5.41) is 14.1. The van der Waals surface area contributed by atoms with Gasteiger partial charge in [-0.1, -0.05) is 30.1 Å². The highest BCUT2D eigenvalue weighted by Crippen LogP contribution is 2.41. The number of hydrogen-bond donors (Lipinski definition) is 1. The largest absolute Gasteiger partial charge is 0.479 e. The van der Waals surface area contributed by atoms with E-state index in [-0.39, 0.29) is 27.9 Å². The van der Waals surface area contributed by atoms with Crippen molar-refractivity contribution in [2.24, 2.45) is 5.10 Å². The summed E-state index contributed by atoms with van der Waals surface area (Å²) in [5.74, 6) is -1.07. The lowest BCUT2D eigenvalue weighted by Gasteiger charge is -2.33. The van der Waals surface area contributed by atoms with E-state index in [2.05, 4.69) is 5.10 Å². The molecule has 2 rings (SSSR count). The number of ether oxygens (including phenoxy) is 1. The van der Waals surface area contributed by atoms with Crippen molar-refractivity contribution in [3.05, 3.63) is 28.2 Å². The highest BCUT2D eigenvalue weighted by molar-refractivity contribution is 6.35. The number of halogens is 5. The normalized spacial score (nSPS) is 21.9. The maximum atomic E-state index is 13.3. The highest BCUT2D eigenvalue weighted by Gasteiger charge is 2.63. The minimum Gasteiger partial charge on any atom is -0.479 e. The van der Waals surface area contributed by atoms with Crippen molar-refractivity contribution in [1.29, 1.82) is 0 Å². The van der Waals surface area contributed by atoms with Gasteiger partial charge < -0.3 is 9.84 Å². The third kappa shape index (κ3) is 3.86. The van der Waals surface area contributed by atoms with E-state index in [0.29, 0.717) is 5.02 Å². The van der Waals surface area contributed by atoms with E-state index < -0.39 is 30.3 Å². The number of benzene rings is 1. The molecule has 1 aromatic carbocycles. The first kappa shape index (κ1) is 19.8. The third-order valence-electron chi connectivity index (χ3n) is 3.66. The van der Waals surface area contributed by atoms with E-state index in [0.717, 1.165) is 0 Å². The number of carbonyl (C=O) groups excluding carboxylic acids is 1. The van der Waals surface area contributed by atoms with E-state index in [1.165, 1.54) is 25.1 Å². The number of carbonyl (C=O) groups is 1. The average Bonchev–Trinajstić information content (AvgIpc) is 2.87. The molecule has 0 fully saturated rings. The zero-order valence-electron chi connectivity index (χ0n) is 13.3. The van der Waals surface area contributed by atoms with Gasteiger partial charge in [-0.15, -0.1) is 0 Å². The van der Waals surface area contributed by atoms with E-state index in [4.69, 9.17) is 27.9 Å². The quantitative estimate of drug-likeness (QED) is 0.833. The molecule has 1 aliphatic heterocycles. The standard InChI is InChI=1S/C15H15Cl2F3N2O3/c1-3-10-7-14(24,15(18,19)20)22(21-10)13(23)8(2)25-12-5-4-9(16)6-11(12)17/h4-6,8,24H,3,7H2,1-2H3. The topological polar surface area (TPSA) is 62.1 Å². The number of hydrazone groups is 1. The maximum Gasteiger partial charge on any atom is 0.438 e. The Kier molecular flexibility index (Phi) is 5.56. The summed E-state index contributed by atoms with van der Waals surface area (Å²) in [5.41, 5.74) is -3.33. The Morgan fingerprint density at radius 3 is 2.64 bits per heavy atom. The van der Waals surface area contributed by atoms with Gasteiger partial charge in [0.25, 0.3) is 11.6 Å². The second-order valence-corrected chi connectivity index (χ2v) is 6.34. The number of nitrogens with zero attached hydrogens (tertiary/aromatic N) is 2. The van der Waals surface area contributed by atoms with Crippen molar-refractivity contribution in [3.8, 4) is 5.75 Å². The highest BCUT2D eigenvalue weighted by atomic mass is 35.5. The van der Waals surface area contributed by atoms with Gasteiger partial charge in [-0.25, -0.2) is 0 Å². The summed E-state index contributed by atoms with van der Waals surface area (Å²) in [6, 6.07) is 4.20. The molecule has 0 radical (unpaired) electrons. The Morgan fingerprint density at radius 1 is 1.48 bits per heavy atom. The third-order valence-corrected chi connectivity index (χ3v) is 4.19. The summed E-state index contributed by atoms with van der Waals surface area (Å²) in [7, 11) is 0. The van der Waals surface area contributed by atoms with E-state index in [1.54, 1.807) is 6.92 Å². The first-order chi connectivity index (χ1) is 11.5. The van der Waals surface area contributed by atoms with E-state index >= 15 is 0 Å². The van der Waals surface area contributed by atoms with Crippen molar-refractivity contribution in [3.63, 3.8) is 0 Å². The molecule has 1 aliphatic rings. The lowest BCUT2D eigenvalue weighted by Crippen LogP contribution is -2.58. The fourth-order valence-electron chi connectivity index (χ4n) is 2.25. The van der Waals surface area contributed by atoms with Gasteiger partial charge in [-0.3, -0.25) is 4.79 Å². The molecule has 25 heavy (non-hydrogen) atoms. The SMILES string of the molecule is CCC1=NN(C(=O)C(C)Oc2ccc(Cl)cc2Cl)C(O)(C(F)(F)F)C1. The molecule has 0 aliphatic carbocycles. The molecule has 1 aromatic rings. The smallest absolute Gasteiger partial charge is 0.438 e. The lowest BCUT2D eigenvalue weighted by atomic mass is 10.0. The van der Waals surface area contributed by atoms with Crippen molar-refractivity contribution >= 4 is 34.8 Å². The molecular formula is C15H15Cl2F3N2O3. The molecular weight excluding hydrogens is 384 g/mol. The van der Waals surface area contributed by atoms with Crippen molar-refractivity contribution in [1.82, 2.24) is 5.01 Å². The Hall–Kier alpha value is -1.51. The lowest BCUT2D eigenvalue weighted by molar-refractivity contribution is -0.303. The van der Waals surface area contributed by atoms with Gasteiger partial charge >= 0.3 is 6.18 Å². The maximum absolute atomic E-state index is 13.3. The summed E-state index contributed by atoms with van der Waals surface area (Å²) in [6.07, 6.45) is -7.07. The van der Waals surface area contributed by atoms with Crippen LogP contribution in [0, 0.1) is 0 Å². The zero-order valence-corrected chi connectivity index (χ0v) is 14.8. The van der Waals surface area contributed by atoms with Crippen LogP contribution in [0.5, 0.6) is 5.75 Å². The van der Waals surface area contributed by atoms with Crippen molar-refractivity contribution in [2.45, 2.75) is 44.7 Å². The Balaban J connectivity index is 2.26. The van der Waals surface area contributed by atoms with Crippen molar-refractivity contribution < 1.29 is 27.8 Å². The van der Waals surface area contributed by atoms with Gasteiger partial charge in [0, 0.05) is 17.2 Å². The number of rotatable bonds is 4. The molecule has 1 N–H and O–H groups in total. The fourth-order valence-corrected chi connectivity index (χ4v) is 2.70. The van der Waals surface area contributed by atoms with Gasteiger partial charge in [-0.2, -0.15) is 23.3 Å². The van der Waals surface area contributed by atoms with E-state index in [1.807, 2.05) is 0 Å². The molecule has 1 heterocycles. The fraction of sp³-hybridized carbons (Fsp3) is 0.467. The number of aliphatic hydroxyl groups is 1. The Bertz CT molecular complexity index is 712. The monoisotopic (exact) mass is 398 g/mol. The summed E-state index contributed by atoms with van der Waals surface area (Å²) in [6.45, 7) is 2.82. The summed E-state index contributed by atoms with van der Waals surface area (Å²) in [4.78, 5) is 12.4. The van der Waals surface area contributed by atoms with Crippen LogP contribution in [0.4, 0.5) is 13.2 Å². The van der Waals surface area contributed by atoms with E-state index in [9.17, 15) is 23.1 Å². The molecule has 1 amide bonds. The second kappa shape index (κ2) is 7.01. The Labute approximate surface area is 152 Å². The van der Waals surface area contributed by atoms with Crippen LogP contribution in [0.3, 0.4) is 0 Å². The summed E-state index contributed by atoms with van der Waals surface area (Å²) < 4.78 is 45.1. The summed E-state index contributed by atoms with van der Waals surface area (Å²) >= 11 is 11.7. The van der Waals surface area contributed by atoms with Crippen LogP contribution in [0.25, 0.3) is 0 Å². The predicted octanol–water partition coefficient (Wildman–Crippen LogP) is 4.01. The molecule has 0 saturated heterocycles. The average molecular weight is 399 g/mol. The molecule has 0 spiro atoms. The Morgan fingerprint density at radius 2 is 2.12 bits per heavy atom.